The van der Waals surface area contributed by atoms with Crippen LogP contribution in [0.2, 0.25) is 0 Å². The molecular formula is C32H27F6N3O3. The number of hydrogen-bond acceptors (Lipinski definition) is 4. The van der Waals surface area contributed by atoms with Gasteiger partial charge in [0.25, 0.3) is 0 Å². The molecule has 12 heteroatoms. The predicted molar refractivity (Wildman–Crippen MR) is 151 cm³/mol. The summed E-state index contributed by atoms with van der Waals surface area (Å²) in [4.78, 5) is 21.7. The van der Waals surface area contributed by atoms with Crippen LogP contribution >= 0.6 is 0 Å². The molecule has 1 unspecified atom stereocenters. The molecule has 5 aromatic rings. The molecule has 0 spiro atoms. The lowest BCUT2D eigenvalue weighted by atomic mass is 9.94. The van der Waals surface area contributed by atoms with Gasteiger partial charge in [0.15, 0.2) is 11.6 Å². The molecule has 0 fully saturated rings. The Morgan fingerprint density at radius 3 is 2.57 bits per heavy atom. The summed E-state index contributed by atoms with van der Waals surface area (Å²) >= 11 is 0. The Balaban J connectivity index is 1.42. The Morgan fingerprint density at radius 1 is 1.02 bits per heavy atom. The number of hydrogen-bond donors (Lipinski definition) is 2. The zero-order valence-electron chi connectivity index (χ0n) is 23.6. The molecule has 3 aromatic carbocycles. The number of aromatic amines is 2. The van der Waals surface area contributed by atoms with E-state index in [-0.39, 0.29) is 47.5 Å². The number of carbonyl (C=O) groups excluding carboxylic acids is 1. The first-order valence-corrected chi connectivity index (χ1v) is 13.8. The van der Waals surface area contributed by atoms with Crippen molar-refractivity contribution in [1.29, 1.82) is 0 Å². The molecule has 0 aliphatic heterocycles. The van der Waals surface area contributed by atoms with Crippen molar-refractivity contribution in [3.05, 3.63) is 101 Å². The van der Waals surface area contributed by atoms with Crippen LogP contribution in [-0.4, -0.2) is 33.7 Å². The number of nitrogens with one attached hydrogen (secondary N) is 2. The van der Waals surface area contributed by atoms with Gasteiger partial charge in [-0.05, 0) is 48.7 Å². The van der Waals surface area contributed by atoms with Gasteiger partial charge in [0.1, 0.15) is 23.2 Å². The number of carbonyl (C=O) groups is 1. The number of aryl methyl sites for hydroxylation is 1. The van der Waals surface area contributed by atoms with E-state index in [1.54, 1.807) is 32.0 Å². The molecule has 0 saturated heterocycles. The molecule has 0 amide bonds. The molecule has 230 valence electrons. The number of alkyl halides is 3. The average Bonchev–Trinajstić information content (AvgIpc) is 3.65. The molecule has 1 atom stereocenters. The zero-order valence-corrected chi connectivity index (χ0v) is 23.6. The van der Waals surface area contributed by atoms with E-state index in [1.807, 2.05) is 0 Å². The standard InChI is InChI=1S/C32H27F6N3O3/c1-3-43-28(42)10-7-18-5-4-6-20(29(18)35)17(2)27-16-40-31(41-27)22-13-19(8-9-24(22)33)44-30-23(15-32(36,37)38)21-11-12-39-26(21)14-25(30)34/h4-6,8-9,11-14,16-17,39H,3,7,10,15H2,1-2H3,(H,40,41). The van der Waals surface area contributed by atoms with E-state index in [9.17, 15) is 26.7 Å². The number of rotatable bonds is 10. The first kappa shape index (κ1) is 30.7. The quantitative estimate of drug-likeness (QED) is 0.122. The van der Waals surface area contributed by atoms with Gasteiger partial charge in [-0.2, -0.15) is 13.2 Å². The van der Waals surface area contributed by atoms with Gasteiger partial charge in [0.05, 0.1) is 24.3 Å². The third-order valence-corrected chi connectivity index (χ3v) is 7.18. The van der Waals surface area contributed by atoms with E-state index in [0.29, 0.717) is 16.8 Å². The number of fused-ring (bicyclic) bond motifs is 1. The number of halogens is 6. The van der Waals surface area contributed by atoms with Crippen LogP contribution in [0.4, 0.5) is 26.3 Å². The minimum atomic E-state index is -4.65. The van der Waals surface area contributed by atoms with E-state index in [2.05, 4.69) is 15.0 Å². The van der Waals surface area contributed by atoms with Crippen molar-refractivity contribution >= 4 is 16.9 Å². The van der Waals surface area contributed by atoms with Gasteiger partial charge in [-0.15, -0.1) is 0 Å². The summed E-state index contributed by atoms with van der Waals surface area (Å²) < 4.78 is 96.1. The number of nitrogens with zero attached hydrogens (tertiary/aromatic N) is 1. The van der Waals surface area contributed by atoms with E-state index in [0.717, 1.165) is 12.1 Å². The topological polar surface area (TPSA) is 80.0 Å². The van der Waals surface area contributed by atoms with E-state index in [1.165, 1.54) is 30.6 Å². The lowest BCUT2D eigenvalue weighted by Crippen LogP contribution is -2.13. The largest absolute Gasteiger partial charge is 0.466 e. The number of esters is 1. The van der Waals surface area contributed by atoms with Crippen molar-refractivity contribution in [1.82, 2.24) is 15.0 Å². The van der Waals surface area contributed by atoms with Gasteiger partial charge in [0, 0.05) is 47.3 Å². The number of ether oxygens (including phenoxy) is 2. The average molecular weight is 616 g/mol. The Labute approximate surface area is 248 Å². The second-order valence-electron chi connectivity index (χ2n) is 10.2. The van der Waals surface area contributed by atoms with Crippen molar-refractivity contribution in [2.24, 2.45) is 0 Å². The maximum absolute atomic E-state index is 15.4. The summed E-state index contributed by atoms with van der Waals surface area (Å²) in [6.07, 6.45) is -3.04. The second-order valence-corrected chi connectivity index (χ2v) is 10.2. The van der Waals surface area contributed by atoms with Crippen molar-refractivity contribution in [3.8, 4) is 22.9 Å². The highest BCUT2D eigenvalue weighted by molar-refractivity contribution is 5.85. The van der Waals surface area contributed by atoms with Gasteiger partial charge >= 0.3 is 12.1 Å². The van der Waals surface area contributed by atoms with E-state index in [4.69, 9.17) is 9.47 Å². The van der Waals surface area contributed by atoms with Crippen LogP contribution in [0.3, 0.4) is 0 Å². The van der Waals surface area contributed by atoms with Crippen LogP contribution < -0.4 is 4.74 Å². The van der Waals surface area contributed by atoms with E-state index >= 15 is 4.39 Å². The number of H-pyrrole nitrogens is 2. The fraction of sp³-hybridized carbons (Fsp3) is 0.250. The summed E-state index contributed by atoms with van der Waals surface area (Å²) in [5.74, 6) is -3.95. The zero-order chi connectivity index (χ0) is 31.6. The number of imidazole rings is 1. The fourth-order valence-corrected chi connectivity index (χ4v) is 5.03. The molecule has 0 radical (unpaired) electrons. The Bertz CT molecular complexity index is 1810. The fourth-order valence-electron chi connectivity index (χ4n) is 5.03. The van der Waals surface area contributed by atoms with Gasteiger partial charge in [0.2, 0.25) is 0 Å². The van der Waals surface area contributed by atoms with Crippen LogP contribution in [-0.2, 0) is 22.4 Å². The lowest BCUT2D eigenvalue weighted by Gasteiger charge is -2.16. The summed E-state index contributed by atoms with van der Waals surface area (Å²) in [7, 11) is 0. The van der Waals surface area contributed by atoms with Crippen molar-refractivity contribution in [3.63, 3.8) is 0 Å². The maximum atomic E-state index is 15.4. The van der Waals surface area contributed by atoms with Crippen molar-refractivity contribution in [2.45, 2.75) is 45.2 Å². The molecule has 2 N–H and O–H groups in total. The van der Waals surface area contributed by atoms with Gasteiger partial charge < -0.3 is 19.4 Å². The molecule has 44 heavy (non-hydrogen) atoms. The summed E-state index contributed by atoms with van der Waals surface area (Å²) in [6.45, 7) is 3.63. The van der Waals surface area contributed by atoms with Crippen LogP contribution in [0.5, 0.6) is 11.5 Å². The van der Waals surface area contributed by atoms with Crippen LogP contribution in [0.25, 0.3) is 22.3 Å². The molecule has 0 saturated carbocycles. The van der Waals surface area contributed by atoms with Gasteiger partial charge in [-0.3, -0.25) is 4.79 Å². The summed E-state index contributed by atoms with van der Waals surface area (Å²) in [6, 6.07) is 10.6. The van der Waals surface area contributed by atoms with Crippen LogP contribution in [0.15, 0.2) is 60.9 Å². The van der Waals surface area contributed by atoms with Gasteiger partial charge in [-0.25, -0.2) is 18.2 Å². The highest BCUT2D eigenvalue weighted by Crippen LogP contribution is 2.39. The smallest absolute Gasteiger partial charge is 0.393 e. The second kappa shape index (κ2) is 12.5. The van der Waals surface area contributed by atoms with Crippen LogP contribution in [0, 0.1) is 17.5 Å². The molecule has 5 rings (SSSR count). The minimum Gasteiger partial charge on any atom is -0.466 e. The summed E-state index contributed by atoms with van der Waals surface area (Å²) in [5, 5.41) is 0.142. The third kappa shape index (κ3) is 6.58. The normalized spacial score (nSPS) is 12.5. The third-order valence-electron chi connectivity index (χ3n) is 7.18. The Morgan fingerprint density at radius 2 is 1.82 bits per heavy atom. The molecule has 0 aliphatic rings. The highest BCUT2D eigenvalue weighted by atomic mass is 19.4. The molecule has 2 aromatic heterocycles. The highest BCUT2D eigenvalue weighted by Gasteiger charge is 2.32. The minimum absolute atomic E-state index is 0.0213. The van der Waals surface area contributed by atoms with Gasteiger partial charge in [-0.1, -0.05) is 25.1 Å². The Kier molecular flexibility index (Phi) is 8.70. The van der Waals surface area contributed by atoms with Crippen molar-refractivity contribution < 1.29 is 40.6 Å². The Hall–Kier alpha value is -4.74. The van der Waals surface area contributed by atoms with Crippen molar-refractivity contribution in [2.75, 3.05) is 6.61 Å². The number of benzene rings is 3. The molecule has 0 aliphatic carbocycles. The summed E-state index contributed by atoms with van der Waals surface area (Å²) in [5.41, 5.74) is 0.708. The molecular weight excluding hydrogens is 588 g/mol. The molecule has 0 bridgehead atoms. The first-order chi connectivity index (χ1) is 20.9. The predicted octanol–water partition coefficient (Wildman–Crippen LogP) is 8.52. The van der Waals surface area contributed by atoms with E-state index < -0.39 is 53.2 Å². The number of aromatic nitrogens is 3. The maximum Gasteiger partial charge on any atom is 0.393 e. The first-order valence-electron chi connectivity index (χ1n) is 13.8. The monoisotopic (exact) mass is 615 g/mol. The van der Waals surface area contributed by atoms with Crippen LogP contribution in [0.1, 0.15) is 48.6 Å². The SMILES string of the molecule is CCOC(=O)CCc1cccc(C(C)c2c[nH]c(-c3cc(Oc4c(F)cc5[nH]ccc5c4CC(F)(F)F)ccc3F)n2)c1F. The molecule has 6 nitrogen and oxygen atoms in total. The molecule has 2 heterocycles. The lowest BCUT2D eigenvalue weighted by molar-refractivity contribution is -0.143.